The third-order valence-electron chi connectivity index (χ3n) is 1.88. The number of hydrogen-bond donors (Lipinski definition) is 0. The molecule has 2 rings (SSSR count). The Hall–Kier alpha value is -0.340. The van der Waals surface area contributed by atoms with Crippen molar-refractivity contribution in [3.05, 3.63) is 22.7 Å². The molecule has 0 spiro atoms. The molecule has 0 amide bonds. The molecule has 0 saturated heterocycles. The van der Waals surface area contributed by atoms with Crippen LogP contribution in [-0.2, 0) is 5.88 Å². The quantitative estimate of drug-likeness (QED) is 0.545. The molecule has 12 heavy (non-hydrogen) atoms. The molecule has 1 aromatic heterocycles. The van der Waals surface area contributed by atoms with Gasteiger partial charge in [0, 0.05) is 11.6 Å². The lowest BCUT2D eigenvalue weighted by atomic mass is 10.3. The van der Waals surface area contributed by atoms with Crippen molar-refractivity contribution in [2.24, 2.45) is 0 Å². The van der Waals surface area contributed by atoms with Crippen molar-refractivity contribution in [2.75, 3.05) is 0 Å². The second kappa shape index (κ2) is 3.19. The van der Waals surface area contributed by atoms with Crippen molar-refractivity contribution in [1.82, 2.24) is 9.97 Å². The van der Waals surface area contributed by atoms with Gasteiger partial charge in [0.15, 0.2) is 0 Å². The van der Waals surface area contributed by atoms with Crippen LogP contribution in [0.2, 0.25) is 5.15 Å². The molecular formula is C8H8Cl2N2. The largest absolute Gasteiger partial charge is 0.236 e. The third kappa shape index (κ3) is 1.70. The monoisotopic (exact) mass is 202 g/mol. The Morgan fingerprint density at radius 2 is 2.17 bits per heavy atom. The van der Waals surface area contributed by atoms with Gasteiger partial charge in [-0.2, -0.15) is 0 Å². The molecule has 0 aromatic carbocycles. The summed E-state index contributed by atoms with van der Waals surface area (Å²) >= 11 is 11.4. The van der Waals surface area contributed by atoms with Crippen LogP contribution >= 0.6 is 23.2 Å². The molecule has 4 heteroatoms. The summed E-state index contributed by atoms with van der Waals surface area (Å²) < 4.78 is 0. The van der Waals surface area contributed by atoms with E-state index in [2.05, 4.69) is 9.97 Å². The van der Waals surface area contributed by atoms with Crippen molar-refractivity contribution in [3.8, 4) is 0 Å². The van der Waals surface area contributed by atoms with E-state index in [-0.39, 0.29) is 0 Å². The van der Waals surface area contributed by atoms with Crippen molar-refractivity contribution in [3.63, 3.8) is 0 Å². The fourth-order valence-electron chi connectivity index (χ4n) is 1.13. The molecule has 1 fully saturated rings. The summed E-state index contributed by atoms with van der Waals surface area (Å²) in [7, 11) is 0. The minimum atomic E-state index is 0.334. The van der Waals surface area contributed by atoms with Crippen molar-refractivity contribution in [2.45, 2.75) is 24.6 Å². The molecule has 0 atom stereocenters. The second-order valence-electron chi connectivity index (χ2n) is 2.94. The van der Waals surface area contributed by atoms with Crippen molar-refractivity contribution < 1.29 is 0 Å². The highest BCUT2D eigenvalue weighted by molar-refractivity contribution is 6.29. The van der Waals surface area contributed by atoms with Gasteiger partial charge in [-0.05, 0) is 18.9 Å². The first kappa shape index (κ1) is 8.27. The van der Waals surface area contributed by atoms with Crippen LogP contribution in [0.5, 0.6) is 0 Å². The van der Waals surface area contributed by atoms with Crippen molar-refractivity contribution >= 4 is 23.2 Å². The van der Waals surface area contributed by atoms with Crippen LogP contribution in [0.15, 0.2) is 6.07 Å². The zero-order valence-corrected chi connectivity index (χ0v) is 7.94. The van der Waals surface area contributed by atoms with E-state index in [1.54, 1.807) is 0 Å². The summed E-state index contributed by atoms with van der Waals surface area (Å²) in [6, 6.07) is 1.83. The molecule has 0 unspecified atom stereocenters. The van der Waals surface area contributed by atoms with E-state index < -0.39 is 0 Å². The number of nitrogens with zero attached hydrogens (tertiary/aromatic N) is 2. The van der Waals surface area contributed by atoms with Crippen LogP contribution in [0, 0.1) is 0 Å². The van der Waals surface area contributed by atoms with E-state index in [0.717, 1.165) is 5.69 Å². The maximum Gasteiger partial charge on any atom is 0.145 e. The van der Waals surface area contributed by atoms with Gasteiger partial charge in [0.05, 0.1) is 5.88 Å². The minimum Gasteiger partial charge on any atom is -0.236 e. The number of rotatable bonds is 2. The molecule has 0 radical (unpaired) electrons. The molecule has 0 aliphatic heterocycles. The molecule has 2 nitrogen and oxygen atoms in total. The van der Waals surface area contributed by atoms with Crippen LogP contribution in [0.25, 0.3) is 0 Å². The third-order valence-corrected chi connectivity index (χ3v) is 2.31. The molecule has 1 aliphatic carbocycles. The summed E-state index contributed by atoms with van der Waals surface area (Å²) in [5.74, 6) is 1.57. The Labute approximate surface area is 80.9 Å². The summed E-state index contributed by atoms with van der Waals surface area (Å²) in [6.07, 6.45) is 2.43. The van der Waals surface area contributed by atoms with E-state index in [9.17, 15) is 0 Å². The predicted molar refractivity (Wildman–Crippen MR) is 48.6 cm³/mol. The average Bonchev–Trinajstić information content (AvgIpc) is 2.85. The molecule has 64 valence electrons. The van der Waals surface area contributed by atoms with Gasteiger partial charge in [0.1, 0.15) is 11.0 Å². The number of aromatic nitrogens is 2. The van der Waals surface area contributed by atoms with Crippen LogP contribution in [-0.4, -0.2) is 9.97 Å². The average molecular weight is 203 g/mol. The molecule has 1 aliphatic rings. The maximum absolute atomic E-state index is 5.79. The van der Waals surface area contributed by atoms with Crippen LogP contribution in [0.3, 0.4) is 0 Å². The highest BCUT2D eigenvalue weighted by Gasteiger charge is 2.25. The fraction of sp³-hybridized carbons (Fsp3) is 0.500. The van der Waals surface area contributed by atoms with Gasteiger partial charge in [0.2, 0.25) is 0 Å². The van der Waals surface area contributed by atoms with Gasteiger partial charge in [0.25, 0.3) is 0 Å². The lowest BCUT2D eigenvalue weighted by Gasteiger charge is -2.00. The summed E-state index contributed by atoms with van der Waals surface area (Å²) in [5, 5.41) is 0.502. The van der Waals surface area contributed by atoms with Gasteiger partial charge in [-0.15, -0.1) is 11.6 Å². The van der Waals surface area contributed by atoms with Gasteiger partial charge in [-0.3, -0.25) is 0 Å². The first-order chi connectivity index (χ1) is 5.79. The first-order valence-electron chi connectivity index (χ1n) is 3.89. The van der Waals surface area contributed by atoms with Gasteiger partial charge in [-0.25, -0.2) is 9.97 Å². The Balaban J connectivity index is 2.34. The molecule has 1 saturated carbocycles. The van der Waals surface area contributed by atoms with Gasteiger partial charge >= 0.3 is 0 Å². The van der Waals surface area contributed by atoms with E-state index in [0.29, 0.717) is 22.8 Å². The molecule has 1 aromatic rings. The Bertz CT molecular complexity index is 297. The van der Waals surface area contributed by atoms with E-state index >= 15 is 0 Å². The smallest absolute Gasteiger partial charge is 0.145 e. The molecule has 1 heterocycles. The van der Waals surface area contributed by atoms with Gasteiger partial charge in [-0.1, -0.05) is 11.6 Å². The summed E-state index contributed by atoms with van der Waals surface area (Å²) in [5.41, 5.74) is 1.05. The summed E-state index contributed by atoms with van der Waals surface area (Å²) in [6.45, 7) is 0. The minimum absolute atomic E-state index is 0.334. The molecule has 0 N–H and O–H groups in total. The highest BCUT2D eigenvalue weighted by Crippen LogP contribution is 2.39. The number of hydrogen-bond acceptors (Lipinski definition) is 2. The molecule has 0 bridgehead atoms. The zero-order valence-electron chi connectivity index (χ0n) is 6.43. The second-order valence-corrected chi connectivity index (χ2v) is 3.59. The topological polar surface area (TPSA) is 25.8 Å². The summed E-state index contributed by atoms with van der Waals surface area (Å²) in [4.78, 5) is 8.27. The van der Waals surface area contributed by atoms with Crippen LogP contribution in [0.1, 0.15) is 30.3 Å². The van der Waals surface area contributed by atoms with Crippen molar-refractivity contribution in [1.29, 1.82) is 0 Å². The van der Waals surface area contributed by atoms with Crippen LogP contribution < -0.4 is 0 Å². The maximum atomic E-state index is 5.79. The lowest BCUT2D eigenvalue weighted by molar-refractivity contribution is 0.930. The number of alkyl halides is 1. The SMILES string of the molecule is ClCc1nc(Cl)cc(C2CC2)n1. The van der Waals surface area contributed by atoms with Crippen LogP contribution in [0.4, 0.5) is 0 Å². The Morgan fingerprint density at radius 1 is 1.42 bits per heavy atom. The molecular weight excluding hydrogens is 195 g/mol. The fourth-order valence-corrected chi connectivity index (χ4v) is 1.46. The lowest BCUT2D eigenvalue weighted by Crippen LogP contribution is -1.96. The standard InChI is InChI=1S/C8H8Cl2N2/c9-4-8-11-6(5-1-2-5)3-7(10)12-8/h3,5H,1-2,4H2. The zero-order chi connectivity index (χ0) is 8.55. The predicted octanol–water partition coefficient (Wildman–Crippen LogP) is 2.75. The first-order valence-corrected chi connectivity index (χ1v) is 4.80. The number of halogens is 2. The highest BCUT2D eigenvalue weighted by atomic mass is 35.5. The van der Waals surface area contributed by atoms with E-state index in [4.69, 9.17) is 23.2 Å². The Morgan fingerprint density at radius 3 is 2.75 bits per heavy atom. The normalized spacial score (nSPS) is 16.5. The Kier molecular flexibility index (Phi) is 2.20. The van der Waals surface area contributed by atoms with E-state index in [1.165, 1.54) is 12.8 Å². The van der Waals surface area contributed by atoms with Gasteiger partial charge < -0.3 is 0 Å². The van der Waals surface area contributed by atoms with E-state index in [1.807, 2.05) is 6.07 Å².